The molecule has 1 amide bonds. The molecular weight excluding hydrogens is 242 g/mol. The smallest absolute Gasteiger partial charge is 0.226 e. The number of hydrogen-bond acceptors (Lipinski definition) is 3. The highest BCUT2D eigenvalue weighted by Crippen LogP contribution is 2.23. The van der Waals surface area contributed by atoms with Crippen molar-refractivity contribution < 1.29 is 9.53 Å². The highest BCUT2D eigenvalue weighted by Gasteiger charge is 2.07. The molecule has 2 rings (SSSR count). The second-order valence-corrected chi connectivity index (χ2v) is 4.00. The third kappa shape index (κ3) is 3.84. The van der Waals surface area contributed by atoms with E-state index in [0.717, 1.165) is 0 Å². The summed E-state index contributed by atoms with van der Waals surface area (Å²) in [6.07, 6.45) is 3.91. The van der Waals surface area contributed by atoms with Gasteiger partial charge in [0.15, 0.2) is 0 Å². The predicted octanol–water partition coefficient (Wildman–Crippen LogP) is 2.31. The van der Waals surface area contributed by atoms with Crippen LogP contribution in [0, 0.1) is 0 Å². The van der Waals surface area contributed by atoms with Crippen LogP contribution in [0.25, 0.3) is 0 Å². The molecule has 0 unspecified atom stereocenters. The molecule has 0 aliphatic carbocycles. The molecule has 1 N–H and O–H groups in total. The molecule has 0 spiro atoms. The summed E-state index contributed by atoms with van der Waals surface area (Å²) in [5.41, 5.74) is 0.704. The zero-order valence-corrected chi connectivity index (χ0v) is 10.9. The number of ether oxygens (including phenoxy) is 1. The second-order valence-electron chi connectivity index (χ2n) is 4.00. The van der Waals surface area contributed by atoms with Crippen molar-refractivity contribution in [3.63, 3.8) is 0 Å². The molecule has 0 radical (unpaired) electrons. The molecule has 0 bridgehead atoms. The first kappa shape index (κ1) is 13.1. The van der Waals surface area contributed by atoms with Crippen LogP contribution in [0.3, 0.4) is 0 Å². The molecular formula is C14H17N3O2. The first-order chi connectivity index (χ1) is 9.29. The van der Waals surface area contributed by atoms with Gasteiger partial charge in [-0.15, -0.1) is 0 Å². The summed E-state index contributed by atoms with van der Waals surface area (Å²) in [7, 11) is 0. The van der Waals surface area contributed by atoms with Gasteiger partial charge in [-0.25, -0.2) is 0 Å². The van der Waals surface area contributed by atoms with Crippen molar-refractivity contribution in [1.29, 1.82) is 0 Å². The number of hydrogen-bond donors (Lipinski definition) is 1. The molecule has 0 saturated carbocycles. The van der Waals surface area contributed by atoms with Gasteiger partial charge in [0, 0.05) is 25.4 Å². The molecule has 0 atom stereocenters. The van der Waals surface area contributed by atoms with Gasteiger partial charge in [-0.2, -0.15) is 5.10 Å². The Morgan fingerprint density at radius 2 is 2.21 bits per heavy atom. The number of nitrogens with zero attached hydrogens (tertiary/aromatic N) is 2. The van der Waals surface area contributed by atoms with Crippen LogP contribution in [0.1, 0.15) is 13.3 Å². The Balaban J connectivity index is 1.91. The third-order valence-corrected chi connectivity index (χ3v) is 2.59. The van der Waals surface area contributed by atoms with Gasteiger partial charge in [0.25, 0.3) is 0 Å². The summed E-state index contributed by atoms with van der Waals surface area (Å²) < 4.78 is 7.19. The minimum absolute atomic E-state index is 0.0531. The van der Waals surface area contributed by atoms with E-state index in [0.29, 0.717) is 31.0 Å². The fourth-order valence-electron chi connectivity index (χ4n) is 1.71. The average molecular weight is 259 g/mol. The monoisotopic (exact) mass is 259 g/mol. The summed E-state index contributed by atoms with van der Waals surface area (Å²) >= 11 is 0. The molecule has 19 heavy (non-hydrogen) atoms. The molecule has 0 aliphatic heterocycles. The van der Waals surface area contributed by atoms with Gasteiger partial charge in [-0.3, -0.25) is 9.48 Å². The van der Waals surface area contributed by atoms with Crippen LogP contribution in [0.5, 0.6) is 5.75 Å². The van der Waals surface area contributed by atoms with Gasteiger partial charge in [0.2, 0.25) is 5.91 Å². The Hall–Kier alpha value is -2.30. The Bertz CT molecular complexity index is 523. The lowest BCUT2D eigenvalue weighted by molar-refractivity contribution is -0.116. The number of nitrogens with one attached hydrogen (secondary N) is 1. The summed E-state index contributed by atoms with van der Waals surface area (Å²) in [4.78, 5) is 11.9. The molecule has 1 aromatic heterocycles. The first-order valence-electron chi connectivity index (χ1n) is 6.28. The molecule has 1 heterocycles. The number of para-hydroxylation sites is 2. The lowest BCUT2D eigenvalue weighted by Crippen LogP contribution is -2.15. The molecule has 2 aromatic rings. The van der Waals surface area contributed by atoms with Crippen LogP contribution >= 0.6 is 0 Å². The zero-order valence-electron chi connectivity index (χ0n) is 10.9. The molecule has 5 heteroatoms. The fraction of sp³-hybridized carbons (Fsp3) is 0.286. The molecule has 100 valence electrons. The molecule has 0 fully saturated rings. The van der Waals surface area contributed by atoms with Crippen LogP contribution in [0.15, 0.2) is 42.7 Å². The van der Waals surface area contributed by atoms with Crippen molar-refractivity contribution in [2.45, 2.75) is 19.9 Å². The van der Waals surface area contributed by atoms with Crippen molar-refractivity contribution in [2.24, 2.45) is 0 Å². The Morgan fingerprint density at radius 3 is 2.95 bits per heavy atom. The summed E-state index contributed by atoms with van der Waals surface area (Å²) in [6, 6.07) is 9.25. The number of aryl methyl sites for hydroxylation is 1. The van der Waals surface area contributed by atoms with E-state index in [1.807, 2.05) is 43.5 Å². The van der Waals surface area contributed by atoms with Crippen molar-refractivity contribution in [3.8, 4) is 5.75 Å². The summed E-state index contributed by atoms with van der Waals surface area (Å²) in [5.74, 6) is 0.639. The van der Waals surface area contributed by atoms with E-state index in [1.165, 1.54) is 0 Å². The van der Waals surface area contributed by atoms with Crippen molar-refractivity contribution >= 4 is 11.6 Å². The Kier molecular flexibility index (Phi) is 4.55. The van der Waals surface area contributed by atoms with Gasteiger partial charge in [0.05, 0.1) is 12.3 Å². The van der Waals surface area contributed by atoms with Gasteiger partial charge in [-0.1, -0.05) is 12.1 Å². The van der Waals surface area contributed by atoms with E-state index in [1.54, 1.807) is 10.9 Å². The quantitative estimate of drug-likeness (QED) is 0.866. The maximum atomic E-state index is 11.9. The average Bonchev–Trinajstić information content (AvgIpc) is 2.92. The van der Waals surface area contributed by atoms with E-state index < -0.39 is 0 Å². The van der Waals surface area contributed by atoms with Crippen molar-refractivity contribution in [2.75, 3.05) is 11.9 Å². The number of rotatable bonds is 6. The number of anilines is 1. The summed E-state index contributed by atoms with van der Waals surface area (Å²) in [6.45, 7) is 3.05. The maximum absolute atomic E-state index is 11.9. The van der Waals surface area contributed by atoms with E-state index in [2.05, 4.69) is 10.4 Å². The number of carbonyl (C=O) groups excluding carboxylic acids is 1. The normalized spacial score (nSPS) is 10.2. The topological polar surface area (TPSA) is 56.1 Å². The number of benzene rings is 1. The SMILES string of the molecule is CCOc1ccccc1NC(=O)CCn1cccn1. The number of carbonyl (C=O) groups is 1. The van der Waals surface area contributed by atoms with Crippen LogP contribution < -0.4 is 10.1 Å². The van der Waals surface area contributed by atoms with Crippen molar-refractivity contribution in [1.82, 2.24) is 9.78 Å². The number of amides is 1. The van der Waals surface area contributed by atoms with Crippen LogP contribution in [0.2, 0.25) is 0 Å². The molecule has 0 aliphatic rings. The van der Waals surface area contributed by atoms with E-state index in [4.69, 9.17) is 4.74 Å². The van der Waals surface area contributed by atoms with Gasteiger partial charge in [-0.05, 0) is 25.1 Å². The standard InChI is InChI=1S/C14H17N3O2/c1-2-19-13-7-4-3-6-12(13)16-14(18)8-11-17-10-5-9-15-17/h3-7,9-10H,2,8,11H2,1H3,(H,16,18). The largest absolute Gasteiger partial charge is 0.492 e. The van der Waals surface area contributed by atoms with Gasteiger partial charge >= 0.3 is 0 Å². The van der Waals surface area contributed by atoms with Crippen LogP contribution in [-0.4, -0.2) is 22.3 Å². The first-order valence-corrected chi connectivity index (χ1v) is 6.28. The van der Waals surface area contributed by atoms with E-state index in [-0.39, 0.29) is 5.91 Å². The Morgan fingerprint density at radius 1 is 1.37 bits per heavy atom. The van der Waals surface area contributed by atoms with Crippen molar-refractivity contribution in [3.05, 3.63) is 42.7 Å². The van der Waals surface area contributed by atoms with Gasteiger partial charge in [0.1, 0.15) is 5.75 Å². The molecule has 0 saturated heterocycles. The maximum Gasteiger partial charge on any atom is 0.226 e. The van der Waals surface area contributed by atoms with E-state index >= 15 is 0 Å². The second kappa shape index (κ2) is 6.58. The Labute approximate surface area is 112 Å². The highest BCUT2D eigenvalue weighted by molar-refractivity contribution is 5.92. The summed E-state index contributed by atoms with van der Waals surface area (Å²) in [5, 5.41) is 6.91. The number of aromatic nitrogens is 2. The minimum Gasteiger partial charge on any atom is -0.492 e. The fourth-order valence-corrected chi connectivity index (χ4v) is 1.71. The van der Waals surface area contributed by atoms with Gasteiger partial charge < -0.3 is 10.1 Å². The highest BCUT2D eigenvalue weighted by atomic mass is 16.5. The van der Waals surface area contributed by atoms with Crippen LogP contribution in [-0.2, 0) is 11.3 Å². The third-order valence-electron chi connectivity index (χ3n) is 2.59. The lowest BCUT2D eigenvalue weighted by Gasteiger charge is -2.11. The molecule has 1 aromatic carbocycles. The predicted molar refractivity (Wildman–Crippen MR) is 73.1 cm³/mol. The lowest BCUT2D eigenvalue weighted by atomic mass is 10.2. The minimum atomic E-state index is -0.0531. The van der Waals surface area contributed by atoms with E-state index in [9.17, 15) is 4.79 Å². The molecule has 5 nitrogen and oxygen atoms in total. The zero-order chi connectivity index (χ0) is 13.5. The van der Waals surface area contributed by atoms with Crippen LogP contribution in [0.4, 0.5) is 5.69 Å².